The van der Waals surface area contributed by atoms with Gasteiger partial charge in [0.25, 0.3) is 0 Å². The van der Waals surface area contributed by atoms with E-state index in [2.05, 4.69) is 24.0 Å². The number of fused-ring (bicyclic) bond motifs is 1. The molecule has 3 N–H and O–H groups in total. The number of hydrogen-bond donors (Lipinski definition) is 3. The lowest BCUT2D eigenvalue weighted by Crippen LogP contribution is -3.27. The molecule has 1 aliphatic heterocycles. The lowest BCUT2D eigenvalue weighted by atomic mass is 10.2. The number of quaternary nitrogens is 2. The molecule has 0 aliphatic carbocycles. The Balaban J connectivity index is 1.71. The number of nitrogens with one attached hydrogen (secondary N) is 3. The average molecular weight is 317 g/mol. The molecule has 1 aromatic heterocycles. The summed E-state index contributed by atoms with van der Waals surface area (Å²) in [5.41, 5.74) is 2.88. The molecule has 124 valence electrons. The second kappa shape index (κ2) is 6.68. The third-order valence-corrected chi connectivity index (χ3v) is 4.81. The number of rotatable bonds is 4. The van der Waals surface area contributed by atoms with Crippen LogP contribution >= 0.6 is 0 Å². The summed E-state index contributed by atoms with van der Waals surface area (Å²) in [6.45, 7) is 7.69. The Hall–Kier alpha value is -1.92. The molecule has 0 atom stereocenters. The summed E-state index contributed by atoms with van der Waals surface area (Å²) < 4.78 is 2.17. The molecule has 3 rings (SSSR count). The zero-order chi connectivity index (χ0) is 16.4. The molecular formula is C17H27N5O+2. The van der Waals surface area contributed by atoms with Crippen LogP contribution in [0.3, 0.4) is 0 Å². The van der Waals surface area contributed by atoms with Crippen LogP contribution in [0.4, 0.5) is 5.69 Å². The van der Waals surface area contributed by atoms with Gasteiger partial charge in [-0.25, -0.2) is 4.98 Å². The number of benzene rings is 1. The van der Waals surface area contributed by atoms with Gasteiger partial charge >= 0.3 is 0 Å². The lowest BCUT2D eigenvalue weighted by molar-refractivity contribution is -1.00. The van der Waals surface area contributed by atoms with Crippen LogP contribution in [0, 0.1) is 0 Å². The van der Waals surface area contributed by atoms with Crippen LogP contribution in [0.15, 0.2) is 18.2 Å². The van der Waals surface area contributed by atoms with Gasteiger partial charge in [-0.3, -0.25) is 4.79 Å². The predicted molar refractivity (Wildman–Crippen MR) is 90.9 cm³/mol. The predicted octanol–water partition coefficient (Wildman–Crippen LogP) is -1.51. The van der Waals surface area contributed by atoms with E-state index in [1.54, 1.807) is 9.80 Å². The fourth-order valence-electron chi connectivity index (χ4n) is 3.32. The lowest BCUT2D eigenvalue weighted by Gasteiger charge is -2.27. The molecular weight excluding hydrogens is 290 g/mol. The van der Waals surface area contributed by atoms with Crippen molar-refractivity contribution in [3.8, 4) is 0 Å². The van der Waals surface area contributed by atoms with Gasteiger partial charge in [0.1, 0.15) is 32.0 Å². The van der Waals surface area contributed by atoms with Gasteiger partial charge in [0.2, 0.25) is 5.91 Å². The Morgan fingerprint density at radius 3 is 2.74 bits per heavy atom. The first kappa shape index (κ1) is 16.0. The van der Waals surface area contributed by atoms with Crippen LogP contribution < -0.4 is 15.1 Å². The van der Waals surface area contributed by atoms with E-state index in [0.717, 1.165) is 35.5 Å². The first-order valence-corrected chi connectivity index (χ1v) is 8.41. The minimum Gasteiger partial charge on any atom is -0.331 e. The van der Waals surface area contributed by atoms with Crippen molar-refractivity contribution in [1.29, 1.82) is 0 Å². The van der Waals surface area contributed by atoms with E-state index in [1.165, 1.54) is 33.1 Å². The highest BCUT2D eigenvalue weighted by Gasteiger charge is 2.20. The van der Waals surface area contributed by atoms with Gasteiger partial charge in [-0.15, -0.1) is 0 Å². The summed E-state index contributed by atoms with van der Waals surface area (Å²) in [5, 5.41) is 2.82. The van der Waals surface area contributed by atoms with Crippen molar-refractivity contribution in [2.24, 2.45) is 7.05 Å². The molecule has 0 saturated carbocycles. The number of likely N-dealkylation sites (N-methyl/N-ethyl adjacent to an activating group) is 1. The fraction of sp³-hybridized carbons (Fsp3) is 0.529. The quantitative estimate of drug-likeness (QED) is 0.642. The molecule has 0 unspecified atom stereocenters. The monoisotopic (exact) mass is 317 g/mol. The molecule has 6 nitrogen and oxygen atoms in total. The Morgan fingerprint density at radius 1 is 1.30 bits per heavy atom. The van der Waals surface area contributed by atoms with E-state index in [-0.39, 0.29) is 5.91 Å². The number of hydrogen-bond acceptors (Lipinski definition) is 2. The second-order valence-electron chi connectivity index (χ2n) is 6.68. The number of imidazole rings is 1. The summed E-state index contributed by atoms with van der Waals surface area (Å²) in [6.07, 6.45) is 0.995. The Bertz CT molecular complexity index is 700. The van der Waals surface area contributed by atoms with Crippen LogP contribution in [-0.2, 0) is 18.3 Å². The van der Waals surface area contributed by atoms with Gasteiger partial charge < -0.3 is 19.7 Å². The third-order valence-electron chi connectivity index (χ3n) is 4.81. The van der Waals surface area contributed by atoms with Gasteiger partial charge in [-0.1, -0.05) is 0 Å². The molecule has 1 aromatic carbocycles. The molecule has 23 heavy (non-hydrogen) atoms. The molecule has 2 aromatic rings. The van der Waals surface area contributed by atoms with E-state index in [4.69, 9.17) is 4.98 Å². The third kappa shape index (κ3) is 3.71. The van der Waals surface area contributed by atoms with Crippen LogP contribution in [0.2, 0.25) is 0 Å². The molecule has 1 fully saturated rings. The molecule has 2 heterocycles. The summed E-state index contributed by atoms with van der Waals surface area (Å²) in [7, 11) is 4.35. The SMILES string of the molecule is CC(=O)Nc1ccc2c(c1)nc(CC[NH+]1CC[NH+](C)CC1)n2C. The maximum Gasteiger partial charge on any atom is 0.221 e. The molecule has 1 aliphatic rings. The van der Waals surface area contributed by atoms with E-state index >= 15 is 0 Å². The highest BCUT2D eigenvalue weighted by atomic mass is 16.1. The number of carbonyl (C=O) groups is 1. The second-order valence-corrected chi connectivity index (χ2v) is 6.68. The van der Waals surface area contributed by atoms with Crippen LogP contribution in [0.5, 0.6) is 0 Å². The fourth-order valence-corrected chi connectivity index (χ4v) is 3.32. The highest BCUT2D eigenvalue weighted by Crippen LogP contribution is 2.19. The minimum atomic E-state index is -0.0544. The van der Waals surface area contributed by atoms with Gasteiger partial charge in [0, 0.05) is 19.7 Å². The molecule has 0 radical (unpaired) electrons. The Labute approximate surface area is 137 Å². The van der Waals surface area contributed by atoms with Gasteiger partial charge in [-0.05, 0) is 18.2 Å². The number of aromatic nitrogens is 2. The van der Waals surface area contributed by atoms with Crippen molar-refractivity contribution >= 4 is 22.6 Å². The topological polar surface area (TPSA) is 55.8 Å². The number of amides is 1. The van der Waals surface area contributed by atoms with E-state index in [9.17, 15) is 4.79 Å². The highest BCUT2D eigenvalue weighted by molar-refractivity contribution is 5.91. The van der Waals surface area contributed by atoms with Gasteiger partial charge in [0.15, 0.2) is 0 Å². The Morgan fingerprint density at radius 2 is 2.04 bits per heavy atom. The normalized spacial score (nSPS) is 21.5. The summed E-state index contributed by atoms with van der Waals surface area (Å²) >= 11 is 0. The van der Waals surface area contributed by atoms with Crippen LogP contribution in [-0.4, -0.2) is 55.2 Å². The number of nitrogens with zero attached hydrogens (tertiary/aromatic N) is 2. The maximum atomic E-state index is 11.2. The molecule has 6 heteroatoms. The standard InChI is InChI=1S/C17H25N5O/c1-13(23)18-14-4-5-16-15(12-14)19-17(21(16)3)6-7-22-10-8-20(2)9-11-22/h4-5,12H,6-11H2,1-3H3,(H,18,23)/p+2. The average Bonchev–Trinajstić information content (AvgIpc) is 2.82. The van der Waals surface area contributed by atoms with Gasteiger partial charge in [-0.2, -0.15) is 0 Å². The molecule has 0 bridgehead atoms. The van der Waals surface area contributed by atoms with Crippen molar-refractivity contribution in [2.45, 2.75) is 13.3 Å². The Kier molecular flexibility index (Phi) is 4.63. The molecule has 1 saturated heterocycles. The summed E-state index contributed by atoms with van der Waals surface area (Å²) in [5.74, 6) is 1.07. The summed E-state index contributed by atoms with van der Waals surface area (Å²) in [6, 6.07) is 5.92. The van der Waals surface area contributed by atoms with Crippen molar-refractivity contribution in [1.82, 2.24) is 9.55 Å². The summed E-state index contributed by atoms with van der Waals surface area (Å²) in [4.78, 5) is 19.3. The molecule has 1 amide bonds. The van der Waals surface area contributed by atoms with Crippen molar-refractivity contribution in [3.63, 3.8) is 0 Å². The van der Waals surface area contributed by atoms with E-state index < -0.39 is 0 Å². The number of aryl methyl sites for hydroxylation is 1. The first-order chi connectivity index (χ1) is 11.0. The number of carbonyl (C=O) groups excluding carboxylic acids is 1. The molecule has 0 spiro atoms. The smallest absolute Gasteiger partial charge is 0.221 e. The van der Waals surface area contributed by atoms with Gasteiger partial charge in [0.05, 0.1) is 31.0 Å². The zero-order valence-electron chi connectivity index (χ0n) is 14.3. The maximum absolute atomic E-state index is 11.2. The zero-order valence-corrected chi connectivity index (χ0v) is 14.3. The van der Waals surface area contributed by atoms with Crippen molar-refractivity contribution in [2.75, 3.05) is 45.1 Å². The number of piperazine rings is 1. The van der Waals surface area contributed by atoms with Crippen molar-refractivity contribution in [3.05, 3.63) is 24.0 Å². The number of anilines is 1. The minimum absolute atomic E-state index is 0.0544. The largest absolute Gasteiger partial charge is 0.331 e. The van der Waals surface area contributed by atoms with E-state index in [0.29, 0.717) is 0 Å². The van der Waals surface area contributed by atoms with E-state index in [1.807, 2.05) is 18.2 Å². The first-order valence-electron chi connectivity index (χ1n) is 8.41. The van der Waals surface area contributed by atoms with Crippen LogP contribution in [0.25, 0.3) is 11.0 Å². The van der Waals surface area contributed by atoms with Crippen molar-refractivity contribution < 1.29 is 14.6 Å². The van der Waals surface area contributed by atoms with Crippen LogP contribution in [0.1, 0.15) is 12.7 Å².